The molecule has 2 aromatic heterocycles. The number of benzene rings is 2. The summed E-state index contributed by atoms with van der Waals surface area (Å²) >= 11 is 0. The first-order chi connectivity index (χ1) is 18.1. The monoisotopic (exact) mass is 595 g/mol. The summed E-state index contributed by atoms with van der Waals surface area (Å²) in [5, 5.41) is 3.13. The number of nitrogens with zero attached hydrogens (tertiary/aromatic N) is 4. The first-order valence-corrected chi connectivity index (χ1v) is 15.3. The SMILES string of the molecule is COc1ccc(CC2CCS(=O)(=O)CC2)c(Nc2nc3ccccc3nc2NS(=O)(=O)c2cn(C)cn2)c1.[K]. The van der Waals surface area contributed by atoms with E-state index in [1.807, 2.05) is 24.3 Å². The van der Waals surface area contributed by atoms with E-state index in [0.29, 0.717) is 41.7 Å². The summed E-state index contributed by atoms with van der Waals surface area (Å²) in [6.07, 6.45) is 4.64. The second kappa shape index (κ2) is 12.2. The predicted octanol–water partition coefficient (Wildman–Crippen LogP) is 2.90. The number of nitrogens with one attached hydrogen (secondary N) is 2. The Kier molecular flexibility index (Phi) is 9.36. The van der Waals surface area contributed by atoms with E-state index >= 15 is 0 Å². The van der Waals surface area contributed by atoms with Gasteiger partial charge in [0.05, 0.1) is 36.0 Å². The molecule has 1 radical (unpaired) electrons. The zero-order valence-electron chi connectivity index (χ0n) is 22.0. The van der Waals surface area contributed by atoms with E-state index in [9.17, 15) is 16.8 Å². The van der Waals surface area contributed by atoms with Gasteiger partial charge in [0, 0.05) is 76.4 Å². The van der Waals surface area contributed by atoms with Gasteiger partial charge >= 0.3 is 0 Å². The number of ether oxygens (including phenoxy) is 1. The molecule has 2 N–H and O–H groups in total. The number of hydrogen-bond donors (Lipinski definition) is 2. The molecule has 3 heterocycles. The van der Waals surface area contributed by atoms with Crippen LogP contribution in [-0.4, -0.2) is 106 Å². The summed E-state index contributed by atoms with van der Waals surface area (Å²) in [7, 11) is -3.76. The number of imidazole rings is 1. The summed E-state index contributed by atoms with van der Waals surface area (Å²) in [5.41, 5.74) is 2.70. The maximum atomic E-state index is 13.1. The van der Waals surface area contributed by atoms with Crippen molar-refractivity contribution in [3.05, 3.63) is 60.6 Å². The largest absolute Gasteiger partial charge is 0.497 e. The second-order valence-electron chi connectivity index (χ2n) is 9.34. The molecule has 11 nitrogen and oxygen atoms in total. The Morgan fingerprint density at radius 1 is 1.05 bits per heavy atom. The van der Waals surface area contributed by atoms with Gasteiger partial charge in [0.1, 0.15) is 15.6 Å². The summed E-state index contributed by atoms with van der Waals surface area (Å²) in [6.45, 7) is 0. The van der Waals surface area contributed by atoms with Crippen LogP contribution in [0.3, 0.4) is 0 Å². The van der Waals surface area contributed by atoms with Gasteiger partial charge in [-0.1, -0.05) is 18.2 Å². The molecule has 0 saturated carbocycles. The van der Waals surface area contributed by atoms with Crippen molar-refractivity contribution in [3.8, 4) is 5.75 Å². The molecule has 14 heteroatoms. The predicted molar refractivity (Wildman–Crippen MR) is 151 cm³/mol. The van der Waals surface area contributed by atoms with Crippen LogP contribution in [0, 0.1) is 5.92 Å². The van der Waals surface area contributed by atoms with Gasteiger partial charge in [-0.15, -0.1) is 0 Å². The Balaban J connectivity index is 0.00000353. The van der Waals surface area contributed by atoms with Crippen molar-refractivity contribution in [2.75, 3.05) is 28.7 Å². The number of anilines is 3. The van der Waals surface area contributed by atoms with E-state index in [4.69, 9.17) is 4.74 Å². The maximum absolute atomic E-state index is 13.1. The summed E-state index contributed by atoms with van der Waals surface area (Å²) in [6, 6.07) is 12.7. The molecule has 2 aromatic carbocycles. The average molecular weight is 596 g/mol. The van der Waals surface area contributed by atoms with E-state index in [-0.39, 0.29) is 85.5 Å². The average Bonchev–Trinajstić information content (AvgIpc) is 3.33. The third kappa shape index (κ3) is 7.17. The molecule has 1 fully saturated rings. The third-order valence-electron chi connectivity index (χ3n) is 6.51. The smallest absolute Gasteiger partial charge is 0.282 e. The molecule has 0 unspecified atom stereocenters. The minimum absolute atomic E-state index is 0. The minimum Gasteiger partial charge on any atom is -0.497 e. The first-order valence-electron chi connectivity index (χ1n) is 12.0. The van der Waals surface area contributed by atoms with Crippen LogP contribution in [0.25, 0.3) is 11.0 Å². The molecular formula is C25H28KN6O5S2. The van der Waals surface area contributed by atoms with Crippen LogP contribution in [0.1, 0.15) is 18.4 Å². The molecule has 0 atom stereocenters. The van der Waals surface area contributed by atoms with Crippen molar-refractivity contribution in [1.29, 1.82) is 0 Å². The molecule has 39 heavy (non-hydrogen) atoms. The van der Waals surface area contributed by atoms with Crippen molar-refractivity contribution < 1.29 is 21.6 Å². The normalized spacial score (nSPS) is 15.4. The number of para-hydroxylation sites is 2. The van der Waals surface area contributed by atoms with Gasteiger partial charge in [0.25, 0.3) is 10.0 Å². The topological polar surface area (TPSA) is 145 Å². The van der Waals surface area contributed by atoms with Crippen molar-refractivity contribution in [3.63, 3.8) is 0 Å². The van der Waals surface area contributed by atoms with E-state index in [1.54, 1.807) is 36.9 Å². The second-order valence-corrected chi connectivity index (χ2v) is 13.3. The Morgan fingerprint density at radius 3 is 2.33 bits per heavy atom. The molecule has 0 aliphatic carbocycles. The maximum Gasteiger partial charge on any atom is 0.282 e. The summed E-state index contributed by atoms with van der Waals surface area (Å²) < 4.78 is 59.5. The Morgan fingerprint density at radius 2 is 1.72 bits per heavy atom. The fourth-order valence-electron chi connectivity index (χ4n) is 4.42. The van der Waals surface area contributed by atoms with E-state index in [0.717, 1.165) is 5.56 Å². The van der Waals surface area contributed by atoms with Crippen LogP contribution >= 0.6 is 0 Å². The van der Waals surface area contributed by atoms with E-state index in [2.05, 4.69) is 25.0 Å². The third-order valence-corrected chi connectivity index (χ3v) is 9.45. The number of fused-ring (bicyclic) bond motifs is 1. The molecule has 5 rings (SSSR count). The van der Waals surface area contributed by atoms with Gasteiger partial charge in [-0.05, 0) is 48.9 Å². The zero-order valence-corrected chi connectivity index (χ0v) is 26.7. The van der Waals surface area contributed by atoms with Crippen molar-refractivity contribution in [1.82, 2.24) is 19.5 Å². The van der Waals surface area contributed by atoms with Crippen LogP contribution in [0.5, 0.6) is 5.75 Å². The van der Waals surface area contributed by atoms with Gasteiger partial charge in [-0.2, -0.15) is 8.42 Å². The van der Waals surface area contributed by atoms with Crippen LogP contribution in [0.4, 0.5) is 17.3 Å². The molecule has 1 aliphatic rings. The number of hydrogen-bond acceptors (Lipinski definition) is 9. The Labute approximate surface area is 270 Å². The molecule has 0 spiro atoms. The molecule has 1 aliphatic heterocycles. The Hall–Kier alpha value is -2.07. The quantitative estimate of drug-likeness (QED) is 0.294. The molecule has 4 aromatic rings. The van der Waals surface area contributed by atoms with Gasteiger partial charge < -0.3 is 14.6 Å². The van der Waals surface area contributed by atoms with Crippen LogP contribution in [0.15, 0.2) is 60.0 Å². The summed E-state index contributed by atoms with van der Waals surface area (Å²) in [4.78, 5) is 13.2. The number of aromatic nitrogens is 4. The van der Waals surface area contributed by atoms with E-state index < -0.39 is 19.9 Å². The molecule has 201 valence electrons. The number of sulfonamides is 1. The molecule has 0 amide bonds. The van der Waals surface area contributed by atoms with E-state index in [1.165, 1.54) is 12.5 Å². The van der Waals surface area contributed by atoms with Gasteiger partial charge in [-0.25, -0.2) is 23.4 Å². The molecule has 1 saturated heterocycles. The van der Waals surface area contributed by atoms with Gasteiger partial charge in [-0.3, -0.25) is 4.72 Å². The fraction of sp³-hybridized carbons (Fsp3) is 0.320. The van der Waals surface area contributed by atoms with Crippen molar-refractivity contribution in [2.24, 2.45) is 13.0 Å². The van der Waals surface area contributed by atoms with Crippen molar-refractivity contribution >= 4 is 99.6 Å². The number of aryl methyl sites for hydroxylation is 1. The standard InChI is InChI=1S/C25H28N6O5S2.K/c1-31-15-23(26-16-31)38(34,35)30-25-24(27-20-5-3-4-6-21(20)28-25)29-22-14-19(36-2)8-7-18(22)13-17-9-11-37(32,33)12-10-17;/h3-8,14-17H,9-13H2,1-2H3,(H,27,29)(H,28,30);. The van der Waals surface area contributed by atoms with Crippen LogP contribution in [0.2, 0.25) is 0 Å². The molecule has 0 bridgehead atoms. The molecular weight excluding hydrogens is 568 g/mol. The summed E-state index contributed by atoms with van der Waals surface area (Å²) in [5.74, 6) is 1.41. The van der Waals surface area contributed by atoms with Gasteiger partial charge in [0.15, 0.2) is 16.7 Å². The zero-order chi connectivity index (χ0) is 26.9. The van der Waals surface area contributed by atoms with Crippen LogP contribution in [-0.2, 0) is 33.3 Å². The van der Waals surface area contributed by atoms with Crippen molar-refractivity contribution in [2.45, 2.75) is 24.3 Å². The first kappa shape index (κ1) is 29.9. The number of methoxy groups -OCH3 is 1. The minimum atomic E-state index is -4.04. The van der Waals surface area contributed by atoms with Crippen LogP contribution < -0.4 is 14.8 Å². The van der Waals surface area contributed by atoms with Gasteiger partial charge in [0.2, 0.25) is 0 Å². The number of sulfone groups is 1. The Bertz CT molecular complexity index is 1700. The number of rotatable bonds is 8. The fourth-order valence-corrected chi connectivity index (χ4v) is 7.01.